The van der Waals surface area contributed by atoms with Gasteiger partial charge < -0.3 is 14.8 Å². The van der Waals surface area contributed by atoms with Crippen LogP contribution < -0.4 is 10.2 Å². The van der Waals surface area contributed by atoms with E-state index in [2.05, 4.69) is 45.7 Å². The lowest BCUT2D eigenvalue weighted by molar-refractivity contribution is 0.101. The van der Waals surface area contributed by atoms with Gasteiger partial charge in [0.05, 0.1) is 11.9 Å². The van der Waals surface area contributed by atoms with Gasteiger partial charge in [0, 0.05) is 30.5 Å². The average Bonchev–Trinajstić information content (AvgIpc) is 3.01. The van der Waals surface area contributed by atoms with E-state index in [4.69, 9.17) is 0 Å². The van der Waals surface area contributed by atoms with E-state index in [1.165, 1.54) is 12.8 Å². The van der Waals surface area contributed by atoms with Gasteiger partial charge in [0.2, 0.25) is 0 Å². The van der Waals surface area contributed by atoms with Crippen LogP contribution in [0.4, 0.5) is 11.5 Å². The Labute approximate surface area is 166 Å². The SMILES string of the molecule is CCn1c(C(=O)Nc2ccc(N3CCC(C)CC3)nc2)c(C)c2ccccc21. The van der Waals surface area contributed by atoms with E-state index >= 15 is 0 Å². The number of carbonyl (C=O) groups excluding carboxylic acids is 1. The summed E-state index contributed by atoms with van der Waals surface area (Å²) in [5, 5.41) is 4.16. The molecule has 1 aliphatic heterocycles. The zero-order chi connectivity index (χ0) is 19.7. The third-order valence-electron chi connectivity index (χ3n) is 5.87. The lowest BCUT2D eigenvalue weighted by atomic mass is 9.99. The first kappa shape index (κ1) is 18.5. The normalized spacial score (nSPS) is 15.2. The topological polar surface area (TPSA) is 50.2 Å². The van der Waals surface area contributed by atoms with Crippen LogP contribution in [0.3, 0.4) is 0 Å². The van der Waals surface area contributed by atoms with E-state index in [-0.39, 0.29) is 5.91 Å². The van der Waals surface area contributed by atoms with Crippen molar-refractivity contribution in [3.63, 3.8) is 0 Å². The van der Waals surface area contributed by atoms with Crippen LogP contribution in [0.15, 0.2) is 42.6 Å². The van der Waals surface area contributed by atoms with E-state index in [1.807, 2.05) is 31.2 Å². The highest BCUT2D eigenvalue weighted by atomic mass is 16.2. The first-order valence-electron chi connectivity index (χ1n) is 10.2. The quantitative estimate of drug-likeness (QED) is 0.708. The lowest BCUT2D eigenvalue weighted by Crippen LogP contribution is -2.33. The predicted molar refractivity (Wildman–Crippen MR) is 115 cm³/mol. The monoisotopic (exact) mass is 376 g/mol. The number of hydrogen-bond acceptors (Lipinski definition) is 3. The molecule has 2 aromatic heterocycles. The zero-order valence-corrected chi connectivity index (χ0v) is 16.9. The third kappa shape index (κ3) is 3.37. The molecule has 0 atom stereocenters. The number of benzene rings is 1. The Balaban J connectivity index is 1.54. The number of rotatable bonds is 4. The van der Waals surface area contributed by atoms with Gasteiger partial charge in [-0.05, 0) is 56.4 Å². The first-order valence-corrected chi connectivity index (χ1v) is 10.2. The molecule has 0 bridgehead atoms. The minimum atomic E-state index is -0.0862. The third-order valence-corrected chi connectivity index (χ3v) is 5.87. The number of aromatic nitrogens is 2. The van der Waals surface area contributed by atoms with E-state index in [9.17, 15) is 4.79 Å². The molecule has 0 spiro atoms. The molecule has 1 fully saturated rings. The Morgan fingerprint density at radius 2 is 1.93 bits per heavy atom. The Bertz CT molecular complexity index is 982. The Kier molecular flexibility index (Phi) is 5.07. The van der Waals surface area contributed by atoms with E-state index in [1.54, 1.807) is 6.20 Å². The van der Waals surface area contributed by atoms with Crippen molar-refractivity contribution in [2.75, 3.05) is 23.3 Å². The molecule has 146 valence electrons. The van der Waals surface area contributed by atoms with Crippen molar-refractivity contribution in [1.82, 2.24) is 9.55 Å². The predicted octanol–water partition coefficient (Wildman–Crippen LogP) is 4.85. The summed E-state index contributed by atoms with van der Waals surface area (Å²) in [6, 6.07) is 12.1. The molecule has 0 radical (unpaired) electrons. The van der Waals surface area contributed by atoms with Gasteiger partial charge in [0.1, 0.15) is 11.5 Å². The molecule has 1 amide bonds. The van der Waals surface area contributed by atoms with E-state index in [0.717, 1.165) is 59.2 Å². The molecule has 5 nitrogen and oxygen atoms in total. The number of anilines is 2. The molecular formula is C23H28N4O. The van der Waals surface area contributed by atoms with Gasteiger partial charge in [0.25, 0.3) is 5.91 Å². The Morgan fingerprint density at radius 3 is 2.61 bits per heavy atom. The minimum Gasteiger partial charge on any atom is -0.357 e. The van der Waals surface area contributed by atoms with Crippen LogP contribution in [0.1, 0.15) is 42.7 Å². The molecule has 0 unspecified atom stereocenters. The molecule has 5 heteroatoms. The van der Waals surface area contributed by atoms with Crippen molar-refractivity contribution in [2.45, 2.75) is 40.2 Å². The summed E-state index contributed by atoms with van der Waals surface area (Å²) in [4.78, 5) is 19.9. The molecule has 0 saturated carbocycles. The minimum absolute atomic E-state index is 0.0862. The molecular weight excluding hydrogens is 348 g/mol. The second-order valence-electron chi connectivity index (χ2n) is 7.76. The maximum Gasteiger partial charge on any atom is 0.272 e. The van der Waals surface area contributed by atoms with Crippen LogP contribution >= 0.6 is 0 Å². The fourth-order valence-corrected chi connectivity index (χ4v) is 4.17. The second-order valence-corrected chi connectivity index (χ2v) is 7.76. The van der Waals surface area contributed by atoms with Gasteiger partial charge in [-0.15, -0.1) is 0 Å². The van der Waals surface area contributed by atoms with Crippen molar-refractivity contribution in [3.8, 4) is 0 Å². The molecule has 1 aliphatic rings. The van der Waals surface area contributed by atoms with Crippen molar-refractivity contribution in [2.24, 2.45) is 5.92 Å². The first-order chi connectivity index (χ1) is 13.6. The lowest BCUT2D eigenvalue weighted by Gasteiger charge is -2.31. The van der Waals surface area contributed by atoms with Gasteiger partial charge in [-0.3, -0.25) is 4.79 Å². The number of nitrogens with one attached hydrogen (secondary N) is 1. The van der Waals surface area contributed by atoms with Crippen LogP contribution in [0.2, 0.25) is 0 Å². The summed E-state index contributed by atoms with van der Waals surface area (Å²) in [6.07, 6.45) is 4.18. The van der Waals surface area contributed by atoms with Crippen LogP contribution in [0.25, 0.3) is 10.9 Å². The van der Waals surface area contributed by atoms with Crippen molar-refractivity contribution < 1.29 is 4.79 Å². The molecule has 4 rings (SSSR count). The molecule has 1 N–H and O–H groups in total. The molecule has 1 saturated heterocycles. The Hall–Kier alpha value is -2.82. The Morgan fingerprint density at radius 1 is 1.18 bits per heavy atom. The molecule has 3 aromatic rings. The highest BCUT2D eigenvalue weighted by Crippen LogP contribution is 2.27. The van der Waals surface area contributed by atoms with Crippen LogP contribution in [0, 0.1) is 12.8 Å². The van der Waals surface area contributed by atoms with E-state index in [0.29, 0.717) is 0 Å². The summed E-state index contributed by atoms with van der Waals surface area (Å²) in [5.41, 5.74) is 3.56. The van der Waals surface area contributed by atoms with Crippen molar-refractivity contribution in [3.05, 3.63) is 53.9 Å². The number of hydrogen-bond donors (Lipinski definition) is 1. The number of piperidine rings is 1. The van der Waals surface area contributed by atoms with Gasteiger partial charge in [0.15, 0.2) is 0 Å². The van der Waals surface area contributed by atoms with Gasteiger partial charge in [-0.2, -0.15) is 0 Å². The van der Waals surface area contributed by atoms with Gasteiger partial charge in [-0.25, -0.2) is 4.98 Å². The van der Waals surface area contributed by atoms with Crippen LogP contribution in [-0.4, -0.2) is 28.5 Å². The average molecular weight is 377 g/mol. The van der Waals surface area contributed by atoms with Crippen molar-refractivity contribution >= 4 is 28.3 Å². The van der Waals surface area contributed by atoms with Gasteiger partial charge >= 0.3 is 0 Å². The summed E-state index contributed by atoms with van der Waals surface area (Å²) < 4.78 is 2.08. The number of para-hydroxylation sites is 1. The van der Waals surface area contributed by atoms with Gasteiger partial charge in [-0.1, -0.05) is 25.1 Å². The number of carbonyl (C=O) groups is 1. The standard InChI is InChI=1S/C23H28N4O/c1-4-27-20-8-6-5-7-19(20)17(3)22(27)23(28)25-18-9-10-21(24-15-18)26-13-11-16(2)12-14-26/h5-10,15-16H,4,11-14H2,1-3H3,(H,25,28). The molecule has 3 heterocycles. The summed E-state index contributed by atoms with van der Waals surface area (Å²) in [5.74, 6) is 1.70. The second kappa shape index (κ2) is 7.66. The summed E-state index contributed by atoms with van der Waals surface area (Å²) in [6.45, 7) is 9.24. The van der Waals surface area contributed by atoms with Crippen LogP contribution in [-0.2, 0) is 6.54 Å². The number of pyridine rings is 1. The fraction of sp³-hybridized carbons (Fsp3) is 0.391. The zero-order valence-electron chi connectivity index (χ0n) is 16.9. The number of aryl methyl sites for hydroxylation is 2. The van der Waals surface area contributed by atoms with Crippen molar-refractivity contribution in [1.29, 1.82) is 0 Å². The number of nitrogens with zero attached hydrogens (tertiary/aromatic N) is 3. The number of fused-ring (bicyclic) bond motifs is 1. The number of amides is 1. The fourth-order valence-electron chi connectivity index (χ4n) is 4.17. The van der Waals surface area contributed by atoms with Crippen LogP contribution in [0.5, 0.6) is 0 Å². The van der Waals surface area contributed by atoms with E-state index < -0.39 is 0 Å². The maximum atomic E-state index is 13.0. The molecule has 28 heavy (non-hydrogen) atoms. The highest BCUT2D eigenvalue weighted by Gasteiger charge is 2.20. The maximum absolute atomic E-state index is 13.0. The smallest absolute Gasteiger partial charge is 0.272 e. The summed E-state index contributed by atoms with van der Waals surface area (Å²) in [7, 11) is 0. The largest absolute Gasteiger partial charge is 0.357 e. The highest BCUT2D eigenvalue weighted by molar-refractivity contribution is 6.08. The molecule has 1 aromatic carbocycles. The summed E-state index contributed by atoms with van der Waals surface area (Å²) >= 11 is 0. The molecule has 0 aliphatic carbocycles.